The summed E-state index contributed by atoms with van der Waals surface area (Å²) in [6.07, 6.45) is 1.64. The Labute approximate surface area is 205 Å². The van der Waals surface area contributed by atoms with Crippen molar-refractivity contribution in [3.8, 4) is 16.9 Å². The molecule has 2 bridgehead atoms. The average molecular weight is 510 g/mol. The summed E-state index contributed by atoms with van der Waals surface area (Å²) in [5.41, 5.74) is 4.75. The molecule has 0 saturated heterocycles. The Morgan fingerprint density at radius 1 is 1.11 bits per heavy atom. The molecule has 6 rings (SSSR count). The summed E-state index contributed by atoms with van der Waals surface area (Å²) in [6.45, 7) is -1.17. The molecule has 184 valence electrons. The van der Waals surface area contributed by atoms with Gasteiger partial charge in [-0.05, 0) is 66.4 Å². The number of sulfone groups is 1. The molecule has 1 N–H and O–H groups in total. The molecule has 36 heavy (non-hydrogen) atoms. The molecule has 0 spiro atoms. The van der Waals surface area contributed by atoms with Crippen molar-refractivity contribution in [2.24, 2.45) is 0 Å². The van der Waals surface area contributed by atoms with Crippen LogP contribution in [-0.2, 0) is 9.84 Å². The molecule has 0 saturated carbocycles. The van der Waals surface area contributed by atoms with Crippen molar-refractivity contribution in [3.05, 3.63) is 77.1 Å². The molecule has 0 radical (unpaired) electrons. The molecule has 0 fully saturated rings. The van der Waals surface area contributed by atoms with Gasteiger partial charge in [-0.25, -0.2) is 13.4 Å². The third-order valence-electron chi connectivity index (χ3n) is 6.90. The van der Waals surface area contributed by atoms with Crippen molar-refractivity contribution in [2.75, 3.05) is 6.26 Å². The van der Waals surface area contributed by atoms with Gasteiger partial charge in [0.2, 0.25) is 0 Å². The predicted molar refractivity (Wildman–Crippen MR) is 129 cm³/mol. The normalized spacial score (nSPS) is 18.6. The van der Waals surface area contributed by atoms with Crippen LogP contribution in [0.2, 0.25) is 0 Å². The number of aryl methyl sites for hydroxylation is 1. The van der Waals surface area contributed by atoms with E-state index >= 15 is 0 Å². The minimum absolute atomic E-state index is 0.0265. The third kappa shape index (κ3) is 3.47. The van der Waals surface area contributed by atoms with Gasteiger partial charge in [-0.3, -0.25) is 4.79 Å². The van der Waals surface area contributed by atoms with Crippen molar-refractivity contribution in [3.63, 3.8) is 0 Å². The Morgan fingerprint density at radius 3 is 2.64 bits per heavy atom. The Balaban J connectivity index is 1.53. The molecular formula is C26H21F2N3O4S. The Bertz CT molecular complexity index is 1680. The Hall–Kier alpha value is -3.79. The van der Waals surface area contributed by atoms with Gasteiger partial charge in [0.05, 0.1) is 28.0 Å². The number of nitrogens with one attached hydrogen (secondary N) is 1. The quantitative estimate of drug-likeness (QED) is 0.427. The largest absolute Gasteiger partial charge is 0.434 e. The predicted octanol–water partition coefficient (Wildman–Crippen LogP) is 4.79. The van der Waals surface area contributed by atoms with E-state index in [-0.39, 0.29) is 22.6 Å². The van der Waals surface area contributed by atoms with Crippen LogP contribution in [-0.4, -0.2) is 36.7 Å². The highest BCUT2D eigenvalue weighted by atomic mass is 32.2. The van der Waals surface area contributed by atoms with Crippen molar-refractivity contribution in [1.82, 2.24) is 14.9 Å². The van der Waals surface area contributed by atoms with Gasteiger partial charge in [-0.15, -0.1) is 0 Å². The molecule has 10 heteroatoms. The lowest BCUT2D eigenvalue weighted by molar-refractivity contribution is -0.0507. The first kappa shape index (κ1) is 22.7. The van der Waals surface area contributed by atoms with Crippen molar-refractivity contribution in [1.29, 1.82) is 0 Å². The van der Waals surface area contributed by atoms with Gasteiger partial charge in [0.1, 0.15) is 11.6 Å². The molecule has 0 aliphatic carbocycles. The number of ether oxygens (including phenoxy) is 1. The van der Waals surface area contributed by atoms with E-state index in [0.29, 0.717) is 28.9 Å². The van der Waals surface area contributed by atoms with E-state index in [4.69, 9.17) is 9.72 Å². The number of fused-ring (bicyclic) bond motifs is 9. The van der Waals surface area contributed by atoms with Crippen LogP contribution in [0.25, 0.3) is 22.2 Å². The second-order valence-corrected chi connectivity index (χ2v) is 11.2. The summed E-state index contributed by atoms with van der Waals surface area (Å²) in [5, 5.41) is 2.98. The van der Waals surface area contributed by atoms with Crippen LogP contribution in [0.1, 0.15) is 45.8 Å². The van der Waals surface area contributed by atoms with Crippen LogP contribution in [0.15, 0.2) is 59.5 Å². The van der Waals surface area contributed by atoms with E-state index in [1.54, 1.807) is 24.3 Å². The standard InChI is InChI=1S/C26H21F2N3O4S/c1-13-10-15(36(2,33)34)7-8-16(13)14-6-9-18-20(11-14)31-21-12-19(24(31)29-18)30-25(32)17-4-3-5-22(23(17)21)35-26(27)28/h3-11,19,21,26H,12H2,1-2H3,(H,30,32)/t19-,21-/m0/s1. The van der Waals surface area contributed by atoms with Gasteiger partial charge < -0.3 is 14.6 Å². The highest BCUT2D eigenvalue weighted by Crippen LogP contribution is 2.47. The van der Waals surface area contributed by atoms with E-state index in [9.17, 15) is 22.0 Å². The van der Waals surface area contributed by atoms with E-state index in [1.807, 2.05) is 29.7 Å². The molecule has 7 nitrogen and oxygen atoms in total. The fourth-order valence-electron chi connectivity index (χ4n) is 5.37. The van der Waals surface area contributed by atoms with Crippen molar-refractivity contribution in [2.45, 2.75) is 36.9 Å². The number of imidazole rings is 1. The lowest BCUT2D eigenvalue weighted by Crippen LogP contribution is -2.28. The third-order valence-corrected chi connectivity index (χ3v) is 8.01. The van der Waals surface area contributed by atoms with Crippen LogP contribution in [0, 0.1) is 6.92 Å². The first-order valence-electron chi connectivity index (χ1n) is 11.3. The number of hydrogen-bond donors (Lipinski definition) is 1. The highest BCUT2D eigenvalue weighted by molar-refractivity contribution is 7.90. The first-order valence-corrected chi connectivity index (χ1v) is 13.2. The summed E-state index contributed by atoms with van der Waals surface area (Å²) in [6, 6.07) is 14.5. The number of rotatable bonds is 4. The lowest BCUT2D eigenvalue weighted by Gasteiger charge is -2.21. The molecular weight excluding hydrogens is 488 g/mol. The van der Waals surface area contributed by atoms with E-state index in [2.05, 4.69) is 5.32 Å². The maximum atomic E-state index is 13.2. The maximum Gasteiger partial charge on any atom is 0.387 e. The number of aromatic nitrogens is 2. The fraction of sp³-hybridized carbons (Fsp3) is 0.231. The second kappa shape index (κ2) is 7.86. The smallest absolute Gasteiger partial charge is 0.387 e. The van der Waals surface area contributed by atoms with Crippen molar-refractivity contribution < 1.29 is 26.7 Å². The number of amides is 1. The zero-order valence-electron chi connectivity index (χ0n) is 19.3. The second-order valence-electron chi connectivity index (χ2n) is 9.17. The lowest BCUT2D eigenvalue weighted by atomic mass is 9.97. The molecule has 0 unspecified atom stereocenters. The zero-order valence-corrected chi connectivity index (χ0v) is 20.1. The summed E-state index contributed by atoms with van der Waals surface area (Å²) in [5.74, 6) is 0.279. The number of benzene rings is 3. The SMILES string of the molecule is Cc1cc(S(C)(=O)=O)ccc1-c1ccc2nc3n(c2c1)[C@H]1C[C@@H]3NC(=O)c2cccc(OC(F)F)c21. The van der Waals surface area contributed by atoms with Crippen LogP contribution in [0.3, 0.4) is 0 Å². The van der Waals surface area contributed by atoms with Gasteiger partial charge in [-0.1, -0.05) is 18.2 Å². The van der Waals surface area contributed by atoms with E-state index in [1.165, 1.54) is 18.4 Å². The van der Waals surface area contributed by atoms with Crippen LogP contribution in [0.5, 0.6) is 5.75 Å². The number of carbonyl (C=O) groups is 1. The number of nitrogens with zero attached hydrogens (tertiary/aromatic N) is 2. The Morgan fingerprint density at radius 2 is 1.92 bits per heavy atom. The van der Waals surface area contributed by atoms with Gasteiger partial charge in [-0.2, -0.15) is 8.78 Å². The number of alkyl halides is 2. The zero-order chi connectivity index (χ0) is 25.4. The van der Waals surface area contributed by atoms with Gasteiger partial charge in [0.15, 0.2) is 9.84 Å². The molecule has 2 aliphatic heterocycles. The van der Waals surface area contributed by atoms with Crippen LogP contribution >= 0.6 is 0 Å². The van der Waals surface area contributed by atoms with Crippen molar-refractivity contribution >= 4 is 26.8 Å². The molecule has 1 aromatic heterocycles. The minimum Gasteiger partial charge on any atom is -0.434 e. The monoisotopic (exact) mass is 509 g/mol. The molecule has 2 atom stereocenters. The first-order chi connectivity index (χ1) is 17.1. The van der Waals surface area contributed by atoms with E-state index < -0.39 is 22.5 Å². The number of hydrogen-bond acceptors (Lipinski definition) is 5. The summed E-state index contributed by atoms with van der Waals surface area (Å²) >= 11 is 0. The topological polar surface area (TPSA) is 90.3 Å². The maximum absolute atomic E-state index is 13.2. The molecule has 3 aromatic carbocycles. The highest BCUT2D eigenvalue weighted by Gasteiger charge is 2.42. The molecule has 1 amide bonds. The summed E-state index contributed by atoms with van der Waals surface area (Å²) in [7, 11) is -3.33. The Kier molecular flexibility index (Phi) is 4.95. The van der Waals surface area contributed by atoms with Gasteiger partial charge >= 0.3 is 6.61 Å². The number of halogens is 2. The van der Waals surface area contributed by atoms with Gasteiger partial charge in [0.25, 0.3) is 5.91 Å². The summed E-state index contributed by atoms with van der Waals surface area (Å²) in [4.78, 5) is 17.9. The number of carbonyl (C=O) groups excluding carboxylic acids is 1. The van der Waals surface area contributed by atoms with Crippen LogP contribution < -0.4 is 10.1 Å². The summed E-state index contributed by atoms with van der Waals surface area (Å²) < 4.78 is 57.2. The molecule has 4 aromatic rings. The fourth-order valence-corrected chi connectivity index (χ4v) is 6.07. The average Bonchev–Trinajstić information content (AvgIpc) is 3.30. The van der Waals surface area contributed by atoms with Crippen LogP contribution in [0.4, 0.5) is 8.78 Å². The van der Waals surface area contributed by atoms with Gasteiger partial charge in [0, 0.05) is 17.4 Å². The molecule has 3 heterocycles. The molecule has 2 aliphatic rings. The minimum atomic E-state index is -3.33. The van der Waals surface area contributed by atoms with E-state index in [0.717, 1.165) is 22.2 Å².